The third-order valence-electron chi connectivity index (χ3n) is 6.26. The second-order valence-corrected chi connectivity index (χ2v) is 7.90. The highest BCUT2D eigenvalue weighted by molar-refractivity contribution is 5.76. The Kier molecular flexibility index (Phi) is 3.81. The molecule has 5 rings (SSSR count). The molecule has 4 bridgehead atoms. The van der Waals surface area contributed by atoms with Crippen molar-refractivity contribution in [3.8, 4) is 0 Å². The Bertz CT molecular complexity index is 641. The zero-order valence-electron chi connectivity index (χ0n) is 14.0. The van der Waals surface area contributed by atoms with Gasteiger partial charge in [-0.3, -0.25) is 4.79 Å². The van der Waals surface area contributed by atoms with Crippen LogP contribution in [-0.2, 0) is 11.3 Å². The lowest BCUT2D eigenvalue weighted by Gasteiger charge is -2.54. The lowest BCUT2D eigenvalue weighted by atomic mass is 9.54. The highest BCUT2D eigenvalue weighted by Crippen LogP contribution is 2.53. The summed E-state index contributed by atoms with van der Waals surface area (Å²) >= 11 is 0. The number of amides is 1. The van der Waals surface area contributed by atoms with Gasteiger partial charge in [0.1, 0.15) is 0 Å². The molecule has 1 N–H and O–H groups in total. The first-order valence-electron chi connectivity index (χ1n) is 8.98. The van der Waals surface area contributed by atoms with E-state index in [0.29, 0.717) is 36.5 Å². The van der Waals surface area contributed by atoms with E-state index in [-0.39, 0.29) is 11.7 Å². The summed E-state index contributed by atoms with van der Waals surface area (Å²) in [6.45, 7) is 2.16. The van der Waals surface area contributed by atoms with E-state index in [4.69, 9.17) is 0 Å². The first-order valence-corrected chi connectivity index (χ1v) is 8.98. The molecule has 4 saturated carbocycles. The predicted octanol–water partition coefficient (Wildman–Crippen LogP) is 2.43. The van der Waals surface area contributed by atoms with E-state index in [1.807, 2.05) is 0 Å². The van der Waals surface area contributed by atoms with Gasteiger partial charge in [-0.05, 0) is 67.6 Å². The maximum absolute atomic E-state index is 12.4. The molecule has 4 aliphatic rings. The van der Waals surface area contributed by atoms with Crippen molar-refractivity contribution < 1.29 is 9.72 Å². The van der Waals surface area contributed by atoms with Gasteiger partial charge in [0.05, 0.1) is 23.4 Å². The minimum absolute atomic E-state index is 0.0463. The van der Waals surface area contributed by atoms with Crippen LogP contribution in [0.25, 0.3) is 0 Å². The number of hydrogen-bond acceptors (Lipinski definition) is 4. The number of aryl methyl sites for hydroxylation is 2. The molecule has 7 heteroatoms. The topological polar surface area (TPSA) is 90.1 Å². The van der Waals surface area contributed by atoms with E-state index in [1.54, 1.807) is 11.6 Å². The number of carbonyl (C=O) groups excluding carboxylic acids is 1. The Morgan fingerprint density at radius 3 is 2.46 bits per heavy atom. The Morgan fingerprint density at radius 1 is 1.29 bits per heavy atom. The van der Waals surface area contributed by atoms with Crippen LogP contribution in [-0.4, -0.2) is 26.7 Å². The number of carbonyl (C=O) groups is 1. The summed E-state index contributed by atoms with van der Waals surface area (Å²) in [5.74, 6) is 3.01. The van der Waals surface area contributed by atoms with Gasteiger partial charge >= 0.3 is 5.82 Å². The van der Waals surface area contributed by atoms with Crippen LogP contribution < -0.4 is 5.32 Å². The van der Waals surface area contributed by atoms with Crippen LogP contribution in [0.2, 0.25) is 0 Å². The number of hydrogen-bond donors (Lipinski definition) is 1. The summed E-state index contributed by atoms with van der Waals surface area (Å²) in [4.78, 5) is 22.6. The molecule has 0 radical (unpaired) electrons. The van der Waals surface area contributed by atoms with Gasteiger partial charge in [0.15, 0.2) is 0 Å². The number of nitrogens with zero attached hydrogens (tertiary/aromatic N) is 3. The average Bonchev–Trinajstić information content (AvgIpc) is 2.89. The Hall–Kier alpha value is -1.92. The molecule has 1 aromatic rings. The van der Waals surface area contributed by atoms with Gasteiger partial charge in [0.2, 0.25) is 5.91 Å². The van der Waals surface area contributed by atoms with E-state index >= 15 is 0 Å². The maximum atomic E-state index is 12.4. The molecule has 130 valence electrons. The minimum Gasteiger partial charge on any atom is -0.358 e. The van der Waals surface area contributed by atoms with E-state index in [0.717, 1.165) is 11.8 Å². The van der Waals surface area contributed by atoms with Gasteiger partial charge in [-0.25, -0.2) is 0 Å². The van der Waals surface area contributed by atoms with Crippen molar-refractivity contribution in [2.75, 3.05) is 0 Å². The fourth-order valence-corrected chi connectivity index (χ4v) is 5.43. The number of nitrogens with one attached hydrogen (secondary N) is 1. The summed E-state index contributed by atoms with van der Waals surface area (Å²) in [5, 5.41) is 18.0. The lowest BCUT2D eigenvalue weighted by Crippen LogP contribution is -2.55. The molecule has 0 aliphatic heterocycles. The molecule has 1 heterocycles. The van der Waals surface area contributed by atoms with Crippen molar-refractivity contribution in [1.29, 1.82) is 0 Å². The fraction of sp³-hybridized carbons (Fsp3) is 0.765. The van der Waals surface area contributed by atoms with Crippen molar-refractivity contribution in [3.63, 3.8) is 0 Å². The zero-order valence-corrected chi connectivity index (χ0v) is 14.0. The molecule has 4 aliphatic carbocycles. The minimum atomic E-state index is -0.502. The van der Waals surface area contributed by atoms with Gasteiger partial charge in [-0.1, -0.05) is 0 Å². The monoisotopic (exact) mass is 332 g/mol. The molecule has 4 fully saturated rings. The summed E-state index contributed by atoms with van der Waals surface area (Å²) in [5.41, 5.74) is 0.712. The molecule has 0 spiro atoms. The largest absolute Gasteiger partial charge is 0.390 e. The molecule has 24 heavy (non-hydrogen) atoms. The second-order valence-electron chi connectivity index (χ2n) is 7.90. The molecular weight excluding hydrogens is 308 g/mol. The van der Waals surface area contributed by atoms with Crippen LogP contribution in [0.1, 0.15) is 44.2 Å². The summed E-state index contributed by atoms with van der Waals surface area (Å²) < 4.78 is 1.55. The summed E-state index contributed by atoms with van der Waals surface area (Å²) in [6.07, 6.45) is 6.85. The molecule has 0 unspecified atom stereocenters. The molecular formula is C17H24N4O3. The van der Waals surface area contributed by atoms with E-state index in [2.05, 4.69) is 10.4 Å². The van der Waals surface area contributed by atoms with Crippen molar-refractivity contribution in [2.45, 2.75) is 58.0 Å². The second kappa shape index (κ2) is 5.86. The lowest BCUT2D eigenvalue weighted by molar-refractivity contribution is -0.389. The predicted molar refractivity (Wildman–Crippen MR) is 87.2 cm³/mol. The van der Waals surface area contributed by atoms with Crippen molar-refractivity contribution in [3.05, 3.63) is 21.9 Å². The van der Waals surface area contributed by atoms with Crippen molar-refractivity contribution in [1.82, 2.24) is 15.1 Å². The summed E-state index contributed by atoms with van der Waals surface area (Å²) in [6, 6.07) is 1.79. The molecule has 1 amide bonds. The fourth-order valence-electron chi connectivity index (χ4n) is 5.43. The number of nitro groups is 1. The molecule has 0 saturated heterocycles. The van der Waals surface area contributed by atoms with Gasteiger partial charge in [0, 0.05) is 12.5 Å². The van der Waals surface area contributed by atoms with Gasteiger partial charge < -0.3 is 15.4 Å². The van der Waals surface area contributed by atoms with Crippen molar-refractivity contribution >= 4 is 11.7 Å². The SMILES string of the molecule is Cc1cc([N+](=O)[O-])nn1CCC(=O)NC1C2CC3CC(C2)CC1C3. The van der Waals surface area contributed by atoms with E-state index < -0.39 is 4.92 Å². The third kappa shape index (κ3) is 2.80. The molecule has 0 aromatic carbocycles. The smallest absolute Gasteiger partial charge is 0.358 e. The van der Waals surface area contributed by atoms with Gasteiger partial charge in [-0.15, -0.1) is 0 Å². The number of aromatic nitrogens is 2. The standard InChI is InChI=1S/C17H24N4O3/c1-10-4-15(21(23)24)19-20(10)3-2-16(22)18-17-13-6-11-5-12(8-13)9-14(17)7-11/h4,11-14,17H,2-3,5-9H2,1H3,(H,18,22). The Labute approximate surface area is 140 Å². The average molecular weight is 332 g/mol. The Balaban J connectivity index is 1.33. The van der Waals surface area contributed by atoms with Crippen LogP contribution in [0.5, 0.6) is 0 Å². The van der Waals surface area contributed by atoms with Crippen LogP contribution in [0.4, 0.5) is 5.82 Å². The Morgan fingerprint density at radius 2 is 1.92 bits per heavy atom. The highest BCUT2D eigenvalue weighted by Gasteiger charge is 2.48. The van der Waals surface area contributed by atoms with Gasteiger partial charge in [-0.2, -0.15) is 4.68 Å². The van der Waals surface area contributed by atoms with Crippen molar-refractivity contribution in [2.24, 2.45) is 23.7 Å². The van der Waals surface area contributed by atoms with Crippen LogP contribution in [0.3, 0.4) is 0 Å². The zero-order chi connectivity index (χ0) is 16.8. The van der Waals surface area contributed by atoms with Crippen LogP contribution >= 0.6 is 0 Å². The molecule has 0 atom stereocenters. The summed E-state index contributed by atoms with van der Waals surface area (Å²) in [7, 11) is 0. The quantitative estimate of drug-likeness (QED) is 0.662. The van der Waals surface area contributed by atoms with Crippen LogP contribution in [0, 0.1) is 40.7 Å². The first kappa shape index (κ1) is 15.6. The maximum Gasteiger partial charge on any atom is 0.390 e. The first-order chi connectivity index (χ1) is 11.5. The normalized spacial score (nSPS) is 33.6. The van der Waals surface area contributed by atoms with E-state index in [1.165, 1.54) is 38.2 Å². The molecule has 1 aromatic heterocycles. The van der Waals surface area contributed by atoms with Crippen LogP contribution in [0.15, 0.2) is 6.07 Å². The highest BCUT2D eigenvalue weighted by atomic mass is 16.6. The van der Waals surface area contributed by atoms with Gasteiger partial charge in [0.25, 0.3) is 0 Å². The number of rotatable bonds is 5. The third-order valence-corrected chi connectivity index (χ3v) is 6.26. The molecule has 7 nitrogen and oxygen atoms in total. The van der Waals surface area contributed by atoms with E-state index in [9.17, 15) is 14.9 Å².